The Hall–Kier alpha value is -0.530. The number of benzene rings is 1. The predicted molar refractivity (Wildman–Crippen MR) is 76.8 cm³/mol. The highest BCUT2D eigenvalue weighted by molar-refractivity contribution is 6.31. The van der Waals surface area contributed by atoms with E-state index in [2.05, 4.69) is 52.1 Å². The fourth-order valence-electron chi connectivity index (χ4n) is 2.05. The molecule has 2 heteroatoms. The molecule has 0 heterocycles. The Balaban J connectivity index is 3.05. The molecule has 17 heavy (non-hydrogen) atoms. The molecule has 0 saturated carbocycles. The third kappa shape index (κ3) is 3.72. The van der Waals surface area contributed by atoms with Crippen LogP contribution in [0.5, 0.6) is 0 Å². The van der Waals surface area contributed by atoms with E-state index < -0.39 is 0 Å². The maximum absolute atomic E-state index is 6.38. The summed E-state index contributed by atoms with van der Waals surface area (Å²) in [5.74, 6) is 0.543. The van der Waals surface area contributed by atoms with Crippen LogP contribution < -0.4 is 5.32 Å². The summed E-state index contributed by atoms with van der Waals surface area (Å²) < 4.78 is 0. The molecule has 0 aliphatic heterocycles. The van der Waals surface area contributed by atoms with Crippen molar-refractivity contribution in [2.24, 2.45) is 5.92 Å². The Kier molecular flexibility index (Phi) is 5.48. The highest BCUT2D eigenvalue weighted by Gasteiger charge is 2.18. The molecule has 1 N–H and O–H groups in total. The van der Waals surface area contributed by atoms with Gasteiger partial charge in [0.05, 0.1) is 0 Å². The van der Waals surface area contributed by atoms with Crippen LogP contribution in [0.2, 0.25) is 5.02 Å². The van der Waals surface area contributed by atoms with Crippen LogP contribution >= 0.6 is 11.6 Å². The number of hydrogen-bond donors (Lipinski definition) is 1. The maximum Gasteiger partial charge on any atom is 0.0456 e. The Morgan fingerprint density at radius 2 is 1.76 bits per heavy atom. The summed E-state index contributed by atoms with van der Waals surface area (Å²) in [6.07, 6.45) is 1.14. The van der Waals surface area contributed by atoms with E-state index in [4.69, 9.17) is 11.6 Å². The summed E-state index contributed by atoms with van der Waals surface area (Å²) in [4.78, 5) is 0. The minimum absolute atomic E-state index is 0.349. The van der Waals surface area contributed by atoms with E-state index >= 15 is 0 Å². The minimum atomic E-state index is 0.349. The van der Waals surface area contributed by atoms with Crippen LogP contribution in [0, 0.1) is 19.8 Å². The van der Waals surface area contributed by atoms with E-state index in [1.165, 1.54) is 16.7 Å². The van der Waals surface area contributed by atoms with Crippen molar-refractivity contribution in [2.45, 2.75) is 47.1 Å². The summed E-state index contributed by atoms with van der Waals surface area (Å²) in [6, 6.07) is 4.65. The third-order valence-corrected chi connectivity index (χ3v) is 3.56. The molecule has 1 rings (SSSR count). The monoisotopic (exact) mass is 253 g/mol. The molecule has 0 saturated heterocycles. The van der Waals surface area contributed by atoms with E-state index in [0.29, 0.717) is 12.0 Å². The molecule has 0 aliphatic carbocycles. The van der Waals surface area contributed by atoms with Crippen LogP contribution in [0.4, 0.5) is 0 Å². The van der Waals surface area contributed by atoms with Gasteiger partial charge in [-0.2, -0.15) is 0 Å². The molecule has 96 valence electrons. The first-order valence-corrected chi connectivity index (χ1v) is 6.85. The zero-order chi connectivity index (χ0) is 13.0. The Morgan fingerprint density at radius 3 is 2.29 bits per heavy atom. The minimum Gasteiger partial charge on any atom is -0.310 e. The van der Waals surface area contributed by atoms with Crippen molar-refractivity contribution >= 4 is 11.6 Å². The Bertz CT molecular complexity index is 371. The van der Waals surface area contributed by atoms with Crippen molar-refractivity contribution in [3.05, 3.63) is 33.8 Å². The summed E-state index contributed by atoms with van der Waals surface area (Å²) >= 11 is 6.38. The van der Waals surface area contributed by atoms with Gasteiger partial charge in [-0.15, -0.1) is 0 Å². The molecular weight excluding hydrogens is 230 g/mol. The second kappa shape index (κ2) is 6.42. The van der Waals surface area contributed by atoms with Crippen LogP contribution in [0.3, 0.4) is 0 Å². The van der Waals surface area contributed by atoms with Gasteiger partial charge in [0.25, 0.3) is 0 Å². The summed E-state index contributed by atoms with van der Waals surface area (Å²) in [5.41, 5.74) is 3.81. The van der Waals surface area contributed by atoms with Crippen LogP contribution in [-0.4, -0.2) is 6.54 Å². The van der Waals surface area contributed by atoms with Gasteiger partial charge in [-0.05, 0) is 55.5 Å². The molecule has 1 atom stereocenters. The summed E-state index contributed by atoms with van der Waals surface area (Å²) in [6.45, 7) is 11.9. The molecular formula is C15H24ClN. The van der Waals surface area contributed by atoms with E-state index in [0.717, 1.165) is 18.0 Å². The molecule has 0 radical (unpaired) electrons. The average molecular weight is 254 g/mol. The smallest absolute Gasteiger partial charge is 0.0456 e. The van der Waals surface area contributed by atoms with Crippen LogP contribution in [-0.2, 0) is 0 Å². The lowest BCUT2D eigenvalue weighted by Gasteiger charge is -2.24. The normalized spacial score (nSPS) is 13.1. The standard InChI is InChI=1S/C15H24ClN/c1-6-7-17-15(10(2)3)13-8-11(4)12(5)9-14(13)16/h8-10,15,17H,6-7H2,1-5H3. The van der Waals surface area contributed by atoms with E-state index in [1.807, 2.05) is 0 Å². The molecule has 1 nitrogen and oxygen atoms in total. The SMILES string of the molecule is CCCNC(c1cc(C)c(C)cc1Cl)C(C)C. The van der Waals surface area contributed by atoms with Crippen LogP contribution in [0.15, 0.2) is 12.1 Å². The first kappa shape index (κ1) is 14.5. The highest BCUT2D eigenvalue weighted by atomic mass is 35.5. The second-order valence-electron chi connectivity index (χ2n) is 5.13. The average Bonchev–Trinajstić information content (AvgIpc) is 2.25. The lowest BCUT2D eigenvalue weighted by atomic mass is 9.93. The molecule has 0 aliphatic rings. The predicted octanol–water partition coefficient (Wildman–Crippen LogP) is 4.65. The second-order valence-corrected chi connectivity index (χ2v) is 5.54. The quantitative estimate of drug-likeness (QED) is 0.805. The van der Waals surface area contributed by atoms with Crippen molar-refractivity contribution in [3.8, 4) is 0 Å². The molecule has 0 bridgehead atoms. The van der Waals surface area contributed by atoms with Gasteiger partial charge in [0.1, 0.15) is 0 Å². The van der Waals surface area contributed by atoms with Gasteiger partial charge < -0.3 is 5.32 Å². The number of hydrogen-bond acceptors (Lipinski definition) is 1. The third-order valence-electron chi connectivity index (χ3n) is 3.23. The van der Waals surface area contributed by atoms with Gasteiger partial charge in [-0.1, -0.05) is 38.4 Å². The van der Waals surface area contributed by atoms with Crippen molar-refractivity contribution in [1.29, 1.82) is 0 Å². The van der Waals surface area contributed by atoms with Gasteiger partial charge in [-0.25, -0.2) is 0 Å². The Labute approximate surface area is 111 Å². The van der Waals surface area contributed by atoms with Gasteiger partial charge >= 0.3 is 0 Å². The first-order chi connectivity index (χ1) is 7.97. The number of halogens is 1. The van der Waals surface area contributed by atoms with E-state index in [9.17, 15) is 0 Å². The largest absolute Gasteiger partial charge is 0.310 e. The molecule has 0 aromatic heterocycles. The van der Waals surface area contributed by atoms with E-state index in [-0.39, 0.29) is 0 Å². The summed E-state index contributed by atoms with van der Waals surface area (Å²) in [5, 5.41) is 4.47. The zero-order valence-corrected chi connectivity index (χ0v) is 12.4. The maximum atomic E-state index is 6.38. The molecule has 0 fully saturated rings. The van der Waals surface area contributed by atoms with Crippen molar-refractivity contribution in [1.82, 2.24) is 5.32 Å². The molecule has 0 spiro atoms. The van der Waals surface area contributed by atoms with E-state index in [1.54, 1.807) is 0 Å². The van der Waals surface area contributed by atoms with Crippen LogP contribution in [0.1, 0.15) is 49.9 Å². The fraction of sp³-hybridized carbons (Fsp3) is 0.600. The zero-order valence-electron chi connectivity index (χ0n) is 11.6. The number of rotatable bonds is 5. The van der Waals surface area contributed by atoms with Crippen molar-refractivity contribution in [2.75, 3.05) is 6.54 Å². The molecule has 1 aromatic carbocycles. The number of nitrogens with one attached hydrogen (secondary N) is 1. The fourth-order valence-corrected chi connectivity index (χ4v) is 2.38. The van der Waals surface area contributed by atoms with Gasteiger partial charge in [0, 0.05) is 11.1 Å². The van der Waals surface area contributed by atoms with Crippen LogP contribution in [0.25, 0.3) is 0 Å². The van der Waals surface area contributed by atoms with Gasteiger partial charge in [0.15, 0.2) is 0 Å². The lowest BCUT2D eigenvalue weighted by molar-refractivity contribution is 0.412. The number of aryl methyl sites for hydroxylation is 2. The van der Waals surface area contributed by atoms with Crippen molar-refractivity contribution < 1.29 is 0 Å². The first-order valence-electron chi connectivity index (χ1n) is 6.47. The van der Waals surface area contributed by atoms with Gasteiger partial charge in [0.2, 0.25) is 0 Å². The molecule has 1 unspecified atom stereocenters. The molecule has 1 aromatic rings. The Morgan fingerprint density at radius 1 is 1.18 bits per heavy atom. The topological polar surface area (TPSA) is 12.0 Å². The highest BCUT2D eigenvalue weighted by Crippen LogP contribution is 2.30. The van der Waals surface area contributed by atoms with Crippen molar-refractivity contribution in [3.63, 3.8) is 0 Å². The van der Waals surface area contributed by atoms with Gasteiger partial charge in [-0.3, -0.25) is 0 Å². The summed E-state index contributed by atoms with van der Waals surface area (Å²) in [7, 11) is 0. The molecule has 0 amide bonds. The lowest BCUT2D eigenvalue weighted by Crippen LogP contribution is -2.26.